The van der Waals surface area contributed by atoms with Crippen LogP contribution in [0.2, 0.25) is 0 Å². The van der Waals surface area contributed by atoms with Crippen LogP contribution < -0.4 is 16.0 Å². The summed E-state index contributed by atoms with van der Waals surface area (Å²) in [6.45, 7) is 3.99. The predicted octanol–water partition coefficient (Wildman–Crippen LogP) is 5.01. The van der Waals surface area contributed by atoms with Gasteiger partial charge in [0.05, 0.1) is 0 Å². The molecule has 2 aromatic rings. The summed E-state index contributed by atoms with van der Waals surface area (Å²) in [5.74, 6) is -0.0480. The molecule has 1 aliphatic rings. The van der Waals surface area contributed by atoms with Crippen molar-refractivity contribution in [3.63, 3.8) is 0 Å². The van der Waals surface area contributed by atoms with Gasteiger partial charge in [-0.3, -0.25) is 4.79 Å². The third-order valence-corrected chi connectivity index (χ3v) is 4.82. The van der Waals surface area contributed by atoms with Crippen LogP contribution in [0.25, 0.3) is 0 Å². The molecule has 2 aromatic carbocycles. The SMILES string of the molecule is Cc1cc(C)cc(NC(=O)Nc2ccc(C(=O)NC3CCCCC3)cc2)c1. The lowest BCUT2D eigenvalue weighted by Gasteiger charge is -2.22. The van der Waals surface area contributed by atoms with Crippen molar-refractivity contribution < 1.29 is 9.59 Å². The van der Waals surface area contributed by atoms with E-state index in [1.165, 1.54) is 19.3 Å². The lowest BCUT2D eigenvalue weighted by molar-refractivity contribution is 0.0927. The maximum absolute atomic E-state index is 12.3. The highest BCUT2D eigenvalue weighted by atomic mass is 16.2. The molecular formula is C22H27N3O2. The summed E-state index contributed by atoms with van der Waals surface area (Å²) in [6.07, 6.45) is 5.75. The van der Waals surface area contributed by atoms with Gasteiger partial charge in [0.2, 0.25) is 0 Å². The van der Waals surface area contributed by atoms with Crippen LogP contribution in [-0.4, -0.2) is 18.0 Å². The highest BCUT2D eigenvalue weighted by molar-refractivity contribution is 6.00. The van der Waals surface area contributed by atoms with Crippen molar-refractivity contribution in [2.45, 2.75) is 52.0 Å². The molecule has 27 heavy (non-hydrogen) atoms. The number of hydrogen-bond donors (Lipinski definition) is 3. The first-order valence-electron chi connectivity index (χ1n) is 9.57. The van der Waals surface area contributed by atoms with Crippen LogP contribution in [-0.2, 0) is 0 Å². The second kappa shape index (κ2) is 8.71. The van der Waals surface area contributed by atoms with E-state index >= 15 is 0 Å². The highest BCUT2D eigenvalue weighted by Gasteiger charge is 2.16. The maximum Gasteiger partial charge on any atom is 0.323 e. The van der Waals surface area contributed by atoms with Crippen molar-refractivity contribution >= 4 is 23.3 Å². The number of aryl methyl sites for hydroxylation is 2. The fourth-order valence-electron chi connectivity index (χ4n) is 3.56. The van der Waals surface area contributed by atoms with Gasteiger partial charge in [-0.25, -0.2) is 4.79 Å². The molecule has 0 radical (unpaired) electrons. The average molecular weight is 365 g/mol. The van der Waals surface area contributed by atoms with Gasteiger partial charge >= 0.3 is 6.03 Å². The normalized spacial score (nSPS) is 14.4. The molecule has 0 saturated heterocycles. The summed E-state index contributed by atoms with van der Waals surface area (Å²) in [6, 6.07) is 12.9. The first-order chi connectivity index (χ1) is 13.0. The molecule has 0 heterocycles. The molecule has 3 N–H and O–H groups in total. The predicted molar refractivity (Wildman–Crippen MR) is 109 cm³/mol. The fourth-order valence-corrected chi connectivity index (χ4v) is 3.56. The molecule has 0 bridgehead atoms. The van der Waals surface area contributed by atoms with Gasteiger partial charge in [-0.1, -0.05) is 25.3 Å². The number of amides is 3. The number of anilines is 2. The molecule has 0 atom stereocenters. The summed E-state index contributed by atoms with van der Waals surface area (Å²) in [4.78, 5) is 24.5. The van der Waals surface area contributed by atoms with Crippen molar-refractivity contribution in [1.29, 1.82) is 0 Å². The topological polar surface area (TPSA) is 70.2 Å². The Kier molecular flexibility index (Phi) is 6.12. The molecule has 1 fully saturated rings. The Labute approximate surface area is 160 Å². The number of nitrogens with one attached hydrogen (secondary N) is 3. The smallest absolute Gasteiger partial charge is 0.323 e. The van der Waals surface area contributed by atoms with E-state index in [2.05, 4.69) is 22.0 Å². The number of carbonyl (C=O) groups is 2. The van der Waals surface area contributed by atoms with Crippen molar-refractivity contribution in [2.75, 3.05) is 10.6 Å². The number of rotatable bonds is 4. The number of carbonyl (C=O) groups excluding carboxylic acids is 2. The molecular weight excluding hydrogens is 338 g/mol. The maximum atomic E-state index is 12.3. The zero-order chi connectivity index (χ0) is 19.2. The van der Waals surface area contributed by atoms with Crippen molar-refractivity contribution in [3.05, 3.63) is 59.2 Å². The van der Waals surface area contributed by atoms with Crippen LogP contribution >= 0.6 is 0 Å². The lowest BCUT2D eigenvalue weighted by atomic mass is 9.95. The summed E-state index contributed by atoms with van der Waals surface area (Å²) in [5, 5.41) is 8.73. The van der Waals surface area contributed by atoms with Gasteiger partial charge in [0, 0.05) is 23.0 Å². The van der Waals surface area contributed by atoms with E-state index in [0.717, 1.165) is 29.7 Å². The van der Waals surface area contributed by atoms with Gasteiger partial charge in [0.25, 0.3) is 5.91 Å². The first-order valence-corrected chi connectivity index (χ1v) is 9.57. The van der Waals surface area contributed by atoms with Crippen molar-refractivity contribution in [3.8, 4) is 0 Å². The van der Waals surface area contributed by atoms with E-state index in [9.17, 15) is 9.59 Å². The van der Waals surface area contributed by atoms with Gasteiger partial charge in [0.15, 0.2) is 0 Å². The van der Waals surface area contributed by atoms with Crippen LogP contribution in [0.4, 0.5) is 16.2 Å². The van der Waals surface area contributed by atoms with Gasteiger partial charge in [-0.15, -0.1) is 0 Å². The summed E-state index contributed by atoms with van der Waals surface area (Å²) >= 11 is 0. The second-order valence-corrected chi connectivity index (χ2v) is 7.34. The van der Waals surface area contributed by atoms with Crippen molar-refractivity contribution in [2.24, 2.45) is 0 Å². The highest BCUT2D eigenvalue weighted by Crippen LogP contribution is 2.18. The van der Waals surface area contributed by atoms with E-state index in [0.29, 0.717) is 11.3 Å². The van der Waals surface area contributed by atoms with Crippen LogP contribution in [0, 0.1) is 13.8 Å². The minimum atomic E-state index is -0.306. The molecule has 5 heteroatoms. The lowest BCUT2D eigenvalue weighted by Crippen LogP contribution is -2.36. The summed E-state index contributed by atoms with van der Waals surface area (Å²) in [5.41, 5.74) is 4.21. The minimum Gasteiger partial charge on any atom is -0.349 e. The Morgan fingerprint density at radius 2 is 1.41 bits per heavy atom. The van der Waals surface area contributed by atoms with Crippen LogP contribution in [0.5, 0.6) is 0 Å². The Morgan fingerprint density at radius 3 is 2.04 bits per heavy atom. The Bertz CT molecular complexity index is 789. The van der Waals surface area contributed by atoms with E-state index < -0.39 is 0 Å². The van der Waals surface area contributed by atoms with Crippen LogP contribution in [0.15, 0.2) is 42.5 Å². The number of urea groups is 1. The zero-order valence-electron chi connectivity index (χ0n) is 16.0. The summed E-state index contributed by atoms with van der Waals surface area (Å²) < 4.78 is 0. The van der Waals surface area contributed by atoms with Gasteiger partial charge in [-0.05, 0) is 74.2 Å². The standard InChI is InChI=1S/C22H27N3O2/c1-15-12-16(2)14-20(13-15)25-22(27)24-19-10-8-17(9-11-19)21(26)23-18-6-4-3-5-7-18/h8-14,18H,3-7H2,1-2H3,(H,23,26)(H2,24,25,27). The molecule has 5 nitrogen and oxygen atoms in total. The third-order valence-electron chi connectivity index (χ3n) is 4.82. The summed E-state index contributed by atoms with van der Waals surface area (Å²) in [7, 11) is 0. The van der Waals surface area contributed by atoms with Gasteiger partial charge < -0.3 is 16.0 Å². The Balaban J connectivity index is 1.55. The fraction of sp³-hybridized carbons (Fsp3) is 0.364. The molecule has 1 aliphatic carbocycles. The zero-order valence-corrected chi connectivity index (χ0v) is 16.0. The molecule has 0 aliphatic heterocycles. The number of benzene rings is 2. The molecule has 3 amide bonds. The first kappa shape index (κ1) is 19.0. The van der Waals surface area contributed by atoms with Crippen LogP contribution in [0.3, 0.4) is 0 Å². The van der Waals surface area contributed by atoms with E-state index in [1.807, 2.05) is 26.0 Å². The third kappa shape index (κ3) is 5.58. The molecule has 3 rings (SSSR count). The Morgan fingerprint density at radius 1 is 0.815 bits per heavy atom. The quantitative estimate of drug-likeness (QED) is 0.713. The Hall–Kier alpha value is -2.82. The molecule has 0 spiro atoms. The van der Waals surface area contributed by atoms with Gasteiger partial charge in [-0.2, -0.15) is 0 Å². The average Bonchev–Trinajstić information content (AvgIpc) is 2.62. The molecule has 1 saturated carbocycles. The van der Waals surface area contributed by atoms with E-state index in [-0.39, 0.29) is 18.0 Å². The van der Waals surface area contributed by atoms with Gasteiger partial charge in [0.1, 0.15) is 0 Å². The number of hydrogen-bond acceptors (Lipinski definition) is 2. The second-order valence-electron chi connectivity index (χ2n) is 7.34. The van der Waals surface area contributed by atoms with Crippen LogP contribution in [0.1, 0.15) is 53.6 Å². The van der Waals surface area contributed by atoms with Crippen molar-refractivity contribution in [1.82, 2.24) is 5.32 Å². The monoisotopic (exact) mass is 365 g/mol. The molecule has 0 aromatic heterocycles. The molecule has 142 valence electrons. The minimum absolute atomic E-state index is 0.0480. The molecule has 0 unspecified atom stereocenters. The van der Waals surface area contributed by atoms with E-state index in [4.69, 9.17) is 0 Å². The largest absolute Gasteiger partial charge is 0.349 e. The van der Waals surface area contributed by atoms with E-state index in [1.54, 1.807) is 24.3 Å².